The van der Waals surface area contributed by atoms with Crippen molar-refractivity contribution in [3.8, 4) is 0 Å². The summed E-state index contributed by atoms with van der Waals surface area (Å²) in [6, 6.07) is 2.49. The van der Waals surface area contributed by atoms with Crippen molar-refractivity contribution in [3.05, 3.63) is 28.5 Å². The summed E-state index contributed by atoms with van der Waals surface area (Å²) in [4.78, 5) is 27.6. The standard InChI is InChI=1S/C20H23ClFNO5S/c1-2-26-20(25)17-18(24)12-7-14(22)13(21)8-15(12)23-11(10-29-19(17)23)9-28-16-5-3-4-6-27-16/h7-8,11,16-17,19H,2-6,9-10H2,1H3. The second kappa shape index (κ2) is 8.79. The molecule has 4 unspecified atom stereocenters. The lowest BCUT2D eigenvalue weighted by atomic mass is 9.89. The number of carbonyl (C=O) groups is 2. The fourth-order valence-corrected chi connectivity index (χ4v) is 5.77. The van der Waals surface area contributed by atoms with E-state index in [2.05, 4.69) is 0 Å². The van der Waals surface area contributed by atoms with E-state index >= 15 is 0 Å². The highest BCUT2D eigenvalue weighted by atomic mass is 35.5. The lowest BCUT2D eigenvalue weighted by molar-refractivity contribution is -0.164. The third-order valence-electron chi connectivity index (χ3n) is 5.43. The van der Waals surface area contributed by atoms with E-state index in [-0.39, 0.29) is 29.5 Å². The van der Waals surface area contributed by atoms with Gasteiger partial charge in [0.2, 0.25) is 0 Å². The Bertz CT molecular complexity index is 803. The zero-order valence-electron chi connectivity index (χ0n) is 16.1. The molecule has 0 aromatic heterocycles. The minimum Gasteiger partial charge on any atom is -0.465 e. The summed E-state index contributed by atoms with van der Waals surface area (Å²) < 4.78 is 30.9. The SMILES string of the molecule is CCOC(=O)C1C(=O)c2cc(F)c(Cl)cc2N2C(COC3CCCCO3)CSC12. The summed E-state index contributed by atoms with van der Waals surface area (Å²) in [5, 5.41) is -0.492. The molecular formula is C20H23ClFNO5S. The number of ketones is 1. The van der Waals surface area contributed by atoms with Crippen molar-refractivity contribution in [2.75, 3.05) is 30.5 Å². The second-order valence-corrected chi connectivity index (χ2v) is 8.85. The lowest BCUT2D eigenvalue weighted by Crippen LogP contribution is -2.51. The molecular weight excluding hydrogens is 421 g/mol. The summed E-state index contributed by atoms with van der Waals surface area (Å²) in [5.74, 6) is -2.05. The number of rotatable bonds is 5. The van der Waals surface area contributed by atoms with E-state index < -0.39 is 28.9 Å². The Morgan fingerprint density at radius 3 is 2.97 bits per heavy atom. The second-order valence-electron chi connectivity index (χ2n) is 7.29. The van der Waals surface area contributed by atoms with E-state index in [9.17, 15) is 14.0 Å². The molecule has 1 aromatic rings. The predicted molar refractivity (Wildman–Crippen MR) is 108 cm³/mol. The summed E-state index contributed by atoms with van der Waals surface area (Å²) in [5.41, 5.74) is 0.692. The van der Waals surface area contributed by atoms with Crippen LogP contribution in [0.5, 0.6) is 0 Å². The first kappa shape index (κ1) is 20.9. The monoisotopic (exact) mass is 443 g/mol. The van der Waals surface area contributed by atoms with Crippen molar-refractivity contribution >= 4 is 40.8 Å². The summed E-state index contributed by atoms with van der Waals surface area (Å²) in [6.07, 6.45) is 2.71. The van der Waals surface area contributed by atoms with Crippen LogP contribution in [0.1, 0.15) is 36.5 Å². The van der Waals surface area contributed by atoms with Gasteiger partial charge in [-0.3, -0.25) is 9.59 Å². The van der Waals surface area contributed by atoms with Gasteiger partial charge in [-0.2, -0.15) is 0 Å². The molecule has 2 fully saturated rings. The Balaban J connectivity index is 1.64. The van der Waals surface area contributed by atoms with Crippen molar-refractivity contribution in [3.63, 3.8) is 0 Å². The number of halogens is 2. The maximum Gasteiger partial charge on any atom is 0.319 e. The molecule has 6 nitrogen and oxygen atoms in total. The van der Waals surface area contributed by atoms with Crippen molar-refractivity contribution in [2.45, 2.75) is 43.9 Å². The van der Waals surface area contributed by atoms with Crippen LogP contribution in [-0.4, -0.2) is 55.0 Å². The molecule has 29 heavy (non-hydrogen) atoms. The molecule has 0 saturated carbocycles. The Morgan fingerprint density at radius 2 is 2.24 bits per heavy atom. The van der Waals surface area contributed by atoms with Crippen LogP contribution in [0.15, 0.2) is 12.1 Å². The van der Waals surface area contributed by atoms with Crippen LogP contribution in [0, 0.1) is 11.7 Å². The van der Waals surface area contributed by atoms with Gasteiger partial charge >= 0.3 is 5.97 Å². The fraction of sp³-hybridized carbons (Fsp3) is 0.600. The van der Waals surface area contributed by atoms with Gasteiger partial charge < -0.3 is 19.1 Å². The highest BCUT2D eigenvalue weighted by molar-refractivity contribution is 8.00. The van der Waals surface area contributed by atoms with Crippen LogP contribution in [-0.2, 0) is 19.0 Å². The number of hydrogen-bond acceptors (Lipinski definition) is 7. The zero-order chi connectivity index (χ0) is 20.5. The maximum atomic E-state index is 14.1. The van der Waals surface area contributed by atoms with Gasteiger partial charge in [0.1, 0.15) is 11.7 Å². The highest BCUT2D eigenvalue weighted by Crippen LogP contribution is 2.46. The van der Waals surface area contributed by atoms with Crippen LogP contribution in [0.4, 0.5) is 10.1 Å². The average Bonchev–Trinajstić information content (AvgIpc) is 3.12. The molecule has 4 rings (SSSR count). The van der Waals surface area contributed by atoms with Gasteiger partial charge in [0, 0.05) is 17.9 Å². The quantitative estimate of drug-likeness (QED) is 0.508. The van der Waals surface area contributed by atoms with Crippen LogP contribution in [0.3, 0.4) is 0 Å². The largest absolute Gasteiger partial charge is 0.465 e. The van der Waals surface area contributed by atoms with Crippen LogP contribution in [0.2, 0.25) is 5.02 Å². The number of thioether (sulfide) groups is 1. The van der Waals surface area contributed by atoms with Gasteiger partial charge in [-0.05, 0) is 38.3 Å². The van der Waals surface area contributed by atoms with Crippen LogP contribution >= 0.6 is 23.4 Å². The first-order valence-electron chi connectivity index (χ1n) is 9.84. The van der Waals surface area contributed by atoms with Crippen molar-refractivity contribution in [1.82, 2.24) is 0 Å². The maximum absolute atomic E-state index is 14.1. The molecule has 9 heteroatoms. The number of benzene rings is 1. The van der Waals surface area contributed by atoms with Crippen molar-refractivity contribution in [2.24, 2.45) is 5.92 Å². The summed E-state index contributed by atoms with van der Waals surface area (Å²) in [7, 11) is 0. The van der Waals surface area contributed by atoms with E-state index in [1.807, 2.05) is 4.90 Å². The lowest BCUT2D eigenvalue weighted by Gasteiger charge is -2.39. The number of carbonyl (C=O) groups excluding carboxylic acids is 2. The molecule has 0 radical (unpaired) electrons. The number of esters is 1. The summed E-state index contributed by atoms with van der Waals surface area (Å²) in [6.45, 7) is 2.94. The molecule has 0 N–H and O–H groups in total. The Hall–Kier alpha value is -1.35. The molecule has 158 valence electrons. The number of ether oxygens (including phenoxy) is 3. The number of nitrogens with zero attached hydrogens (tertiary/aromatic N) is 1. The fourth-order valence-electron chi connectivity index (χ4n) is 4.06. The molecule has 0 spiro atoms. The summed E-state index contributed by atoms with van der Waals surface area (Å²) >= 11 is 7.52. The topological polar surface area (TPSA) is 65.1 Å². The third-order valence-corrected chi connectivity index (χ3v) is 7.14. The van der Waals surface area contributed by atoms with Gasteiger partial charge in [0.15, 0.2) is 12.1 Å². The van der Waals surface area contributed by atoms with E-state index in [4.69, 9.17) is 25.8 Å². The minimum atomic E-state index is -1.01. The Labute approximate surface area is 178 Å². The van der Waals surface area contributed by atoms with E-state index in [1.165, 1.54) is 17.8 Å². The van der Waals surface area contributed by atoms with Gasteiger partial charge in [-0.1, -0.05) is 11.6 Å². The Kier molecular flexibility index (Phi) is 6.34. The molecule has 3 aliphatic rings. The third kappa shape index (κ3) is 4.00. The van der Waals surface area contributed by atoms with Gasteiger partial charge in [-0.15, -0.1) is 11.8 Å². The number of fused-ring (bicyclic) bond motifs is 3. The van der Waals surface area contributed by atoms with E-state index in [1.54, 1.807) is 6.92 Å². The minimum absolute atomic E-state index is 0.0583. The smallest absolute Gasteiger partial charge is 0.319 e. The average molecular weight is 444 g/mol. The molecule has 1 aromatic carbocycles. The van der Waals surface area contributed by atoms with Crippen molar-refractivity contribution < 1.29 is 28.2 Å². The van der Waals surface area contributed by atoms with E-state index in [0.29, 0.717) is 24.7 Å². The highest BCUT2D eigenvalue weighted by Gasteiger charge is 2.51. The van der Waals surface area contributed by atoms with E-state index in [0.717, 1.165) is 25.3 Å². The number of Topliss-reactive ketones (excluding diaryl/α,β-unsaturated/α-hetero) is 1. The Morgan fingerprint density at radius 1 is 1.41 bits per heavy atom. The van der Waals surface area contributed by atoms with Crippen molar-refractivity contribution in [1.29, 1.82) is 0 Å². The van der Waals surface area contributed by atoms with Crippen LogP contribution < -0.4 is 4.90 Å². The molecule has 3 aliphatic heterocycles. The van der Waals surface area contributed by atoms with Gasteiger partial charge in [0.25, 0.3) is 0 Å². The van der Waals surface area contributed by atoms with Crippen LogP contribution in [0.25, 0.3) is 0 Å². The zero-order valence-corrected chi connectivity index (χ0v) is 17.6. The molecule has 3 heterocycles. The molecule has 4 atom stereocenters. The molecule has 2 saturated heterocycles. The molecule has 0 bridgehead atoms. The first-order chi connectivity index (χ1) is 14.0. The number of anilines is 1. The molecule has 0 amide bonds. The first-order valence-corrected chi connectivity index (χ1v) is 11.3. The molecule has 0 aliphatic carbocycles. The normalized spacial score (nSPS) is 28.8. The number of hydrogen-bond donors (Lipinski definition) is 0. The predicted octanol–water partition coefficient (Wildman–Crippen LogP) is 3.65. The van der Waals surface area contributed by atoms with Gasteiger partial charge in [-0.25, -0.2) is 4.39 Å². The van der Waals surface area contributed by atoms with Gasteiger partial charge in [0.05, 0.1) is 35.3 Å².